The van der Waals surface area contributed by atoms with Crippen molar-refractivity contribution in [3.05, 3.63) is 130 Å². The molecule has 204 valence electrons. The molecule has 8 heteroatoms. The molecule has 1 amide bonds. The molecule has 0 bridgehead atoms. The zero-order valence-corrected chi connectivity index (χ0v) is 23.6. The van der Waals surface area contributed by atoms with Crippen LogP contribution in [-0.2, 0) is 16.4 Å². The Morgan fingerprint density at radius 3 is 1.93 bits per heavy atom. The number of carbonyl (C=O) groups is 1. The molecule has 40 heavy (non-hydrogen) atoms. The SMILES string of the molecule is O=C(c1ccc2c(c1)CCN2S(=O)(=O)c1ccc(Cl)cc1)N1CCN(C(c2ccccc2)c2ccccc2)CC1. The minimum absolute atomic E-state index is 0.0163. The van der Waals surface area contributed by atoms with Crippen LogP contribution in [0.5, 0.6) is 0 Å². The molecule has 0 saturated carbocycles. The molecular formula is C32H30ClN3O3S. The molecule has 1 saturated heterocycles. The summed E-state index contributed by atoms with van der Waals surface area (Å²) in [6.07, 6.45) is 0.562. The summed E-state index contributed by atoms with van der Waals surface area (Å²) in [5.41, 5.74) is 4.58. The lowest BCUT2D eigenvalue weighted by molar-refractivity contribution is 0.0597. The monoisotopic (exact) mass is 571 g/mol. The standard InChI is InChI=1S/C32H30ClN3O3S/c33-28-12-14-29(15-13-28)40(38,39)36-18-17-26-23-27(11-16-30(26)36)32(37)35-21-19-34(20-22-35)31(24-7-3-1-4-8-24)25-9-5-2-6-10-25/h1-16,23,31H,17-22H2. The first kappa shape index (κ1) is 26.6. The first-order valence-electron chi connectivity index (χ1n) is 13.5. The lowest BCUT2D eigenvalue weighted by Crippen LogP contribution is -2.49. The Labute approximate surface area is 240 Å². The Balaban J connectivity index is 1.16. The number of hydrogen-bond donors (Lipinski definition) is 0. The maximum Gasteiger partial charge on any atom is 0.264 e. The van der Waals surface area contributed by atoms with Gasteiger partial charge in [-0.1, -0.05) is 72.3 Å². The number of benzene rings is 4. The highest BCUT2D eigenvalue weighted by Gasteiger charge is 2.33. The van der Waals surface area contributed by atoms with Crippen molar-refractivity contribution in [1.82, 2.24) is 9.80 Å². The Morgan fingerprint density at radius 2 is 1.32 bits per heavy atom. The second-order valence-electron chi connectivity index (χ2n) is 10.2. The summed E-state index contributed by atoms with van der Waals surface area (Å²) in [5, 5.41) is 0.486. The third kappa shape index (κ3) is 5.12. The summed E-state index contributed by atoms with van der Waals surface area (Å²) >= 11 is 5.95. The minimum atomic E-state index is -3.71. The van der Waals surface area contributed by atoms with Crippen LogP contribution in [0.1, 0.15) is 33.1 Å². The fourth-order valence-electron chi connectivity index (χ4n) is 5.74. The van der Waals surface area contributed by atoms with E-state index < -0.39 is 10.0 Å². The fraction of sp³-hybridized carbons (Fsp3) is 0.219. The van der Waals surface area contributed by atoms with Crippen LogP contribution in [-0.4, -0.2) is 56.8 Å². The molecule has 4 aromatic carbocycles. The van der Waals surface area contributed by atoms with E-state index in [1.165, 1.54) is 27.6 Å². The molecule has 6 nitrogen and oxygen atoms in total. The van der Waals surface area contributed by atoms with Gasteiger partial charge in [-0.05, 0) is 65.6 Å². The van der Waals surface area contributed by atoms with Gasteiger partial charge < -0.3 is 4.90 Å². The summed E-state index contributed by atoms with van der Waals surface area (Å²) in [6.45, 7) is 3.12. The molecule has 6 rings (SSSR count). The topological polar surface area (TPSA) is 60.9 Å². The van der Waals surface area contributed by atoms with Crippen molar-refractivity contribution < 1.29 is 13.2 Å². The maximum absolute atomic E-state index is 13.5. The van der Waals surface area contributed by atoms with Gasteiger partial charge in [0.2, 0.25) is 0 Å². The molecule has 0 atom stereocenters. The second kappa shape index (κ2) is 11.1. The van der Waals surface area contributed by atoms with Gasteiger partial charge in [0.05, 0.1) is 16.6 Å². The van der Waals surface area contributed by atoms with E-state index in [1.54, 1.807) is 24.3 Å². The van der Waals surface area contributed by atoms with Crippen LogP contribution in [0.15, 0.2) is 108 Å². The molecule has 4 aromatic rings. The average molecular weight is 572 g/mol. The van der Waals surface area contributed by atoms with E-state index in [4.69, 9.17) is 11.6 Å². The Bertz CT molecular complexity index is 1570. The summed E-state index contributed by atoms with van der Waals surface area (Å²) in [6, 6.07) is 32.7. The quantitative estimate of drug-likeness (QED) is 0.300. The number of halogens is 1. The predicted octanol–water partition coefficient (Wildman–Crippen LogP) is 5.64. The third-order valence-corrected chi connectivity index (χ3v) is 9.86. The normalized spacial score (nSPS) is 15.8. The van der Waals surface area contributed by atoms with Crippen LogP contribution in [0.25, 0.3) is 0 Å². The van der Waals surface area contributed by atoms with E-state index >= 15 is 0 Å². The average Bonchev–Trinajstić information content (AvgIpc) is 3.43. The molecule has 0 aromatic heterocycles. The molecule has 0 N–H and O–H groups in total. The Kier molecular flexibility index (Phi) is 7.36. The summed E-state index contributed by atoms with van der Waals surface area (Å²) in [5.74, 6) is -0.0163. The zero-order valence-electron chi connectivity index (χ0n) is 22.0. The molecule has 1 fully saturated rings. The number of sulfonamides is 1. The molecule has 2 heterocycles. The molecule has 0 aliphatic carbocycles. The number of piperazine rings is 1. The van der Waals surface area contributed by atoms with Gasteiger partial charge in [-0.15, -0.1) is 0 Å². The van der Waals surface area contributed by atoms with Crippen molar-refractivity contribution in [2.24, 2.45) is 0 Å². The van der Waals surface area contributed by atoms with Crippen molar-refractivity contribution in [2.45, 2.75) is 17.4 Å². The first-order chi connectivity index (χ1) is 19.4. The van der Waals surface area contributed by atoms with Gasteiger partial charge in [0.1, 0.15) is 0 Å². The van der Waals surface area contributed by atoms with Crippen LogP contribution >= 0.6 is 11.6 Å². The number of carbonyl (C=O) groups excluding carboxylic acids is 1. The van der Waals surface area contributed by atoms with Gasteiger partial charge >= 0.3 is 0 Å². The van der Waals surface area contributed by atoms with Gasteiger partial charge in [0.15, 0.2) is 0 Å². The summed E-state index contributed by atoms with van der Waals surface area (Å²) < 4.78 is 28.0. The van der Waals surface area contributed by atoms with Crippen molar-refractivity contribution in [2.75, 3.05) is 37.0 Å². The van der Waals surface area contributed by atoms with Gasteiger partial charge in [0.25, 0.3) is 15.9 Å². The first-order valence-corrected chi connectivity index (χ1v) is 15.3. The van der Waals surface area contributed by atoms with Crippen molar-refractivity contribution >= 4 is 33.2 Å². The van der Waals surface area contributed by atoms with Crippen LogP contribution < -0.4 is 4.31 Å². The van der Waals surface area contributed by atoms with E-state index in [-0.39, 0.29) is 16.8 Å². The summed E-state index contributed by atoms with van der Waals surface area (Å²) in [4.78, 5) is 18.1. The largest absolute Gasteiger partial charge is 0.336 e. The number of nitrogens with zero attached hydrogens (tertiary/aromatic N) is 3. The van der Waals surface area contributed by atoms with Crippen molar-refractivity contribution in [3.8, 4) is 0 Å². The van der Waals surface area contributed by atoms with Gasteiger partial charge in [-0.25, -0.2) is 8.42 Å². The lowest BCUT2D eigenvalue weighted by Gasteiger charge is -2.40. The second-order valence-corrected chi connectivity index (χ2v) is 12.5. The number of amides is 1. The molecule has 0 radical (unpaired) electrons. The van der Waals surface area contributed by atoms with Crippen LogP contribution in [0, 0.1) is 0 Å². The molecule has 2 aliphatic heterocycles. The molecular weight excluding hydrogens is 542 g/mol. The third-order valence-electron chi connectivity index (χ3n) is 7.78. The van der Waals surface area contributed by atoms with E-state index in [0.29, 0.717) is 42.3 Å². The van der Waals surface area contributed by atoms with E-state index in [9.17, 15) is 13.2 Å². The van der Waals surface area contributed by atoms with Crippen LogP contribution in [0.3, 0.4) is 0 Å². The number of fused-ring (bicyclic) bond motifs is 1. The van der Waals surface area contributed by atoms with Crippen LogP contribution in [0.4, 0.5) is 5.69 Å². The van der Waals surface area contributed by atoms with Gasteiger partial charge in [-0.3, -0.25) is 14.0 Å². The van der Waals surface area contributed by atoms with Crippen molar-refractivity contribution in [3.63, 3.8) is 0 Å². The number of rotatable bonds is 6. The van der Waals surface area contributed by atoms with E-state index in [1.807, 2.05) is 23.1 Å². The Hall–Kier alpha value is -3.65. The zero-order chi connectivity index (χ0) is 27.7. The maximum atomic E-state index is 13.5. The minimum Gasteiger partial charge on any atom is -0.336 e. The molecule has 0 spiro atoms. The van der Waals surface area contributed by atoms with Gasteiger partial charge in [-0.2, -0.15) is 0 Å². The number of hydrogen-bond acceptors (Lipinski definition) is 4. The Morgan fingerprint density at radius 1 is 0.725 bits per heavy atom. The van der Waals surface area contributed by atoms with E-state index in [0.717, 1.165) is 18.7 Å². The highest BCUT2D eigenvalue weighted by atomic mass is 35.5. The lowest BCUT2D eigenvalue weighted by atomic mass is 9.96. The molecule has 0 unspecified atom stereocenters. The smallest absolute Gasteiger partial charge is 0.264 e. The van der Waals surface area contributed by atoms with Crippen LogP contribution in [0.2, 0.25) is 5.02 Å². The van der Waals surface area contributed by atoms with Gasteiger partial charge in [0, 0.05) is 43.3 Å². The fourth-order valence-corrected chi connectivity index (χ4v) is 7.37. The number of anilines is 1. The highest BCUT2D eigenvalue weighted by molar-refractivity contribution is 7.92. The van der Waals surface area contributed by atoms with Crippen molar-refractivity contribution in [1.29, 1.82) is 0 Å². The summed E-state index contributed by atoms with van der Waals surface area (Å²) in [7, 11) is -3.71. The highest BCUT2D eigenvalue weighted by Crippen LogP contribution is 2.35. The molecule has 2 aliphatic rings. The predicted molar refractivity (Wildman–Crippen MR) is 158 cm³/mol. The van der Waals surface area contributed by atoms with E-state index in [2.05, 4.69) is 53.4 Å².